The number of halogens is 3. The standard InChI is InChI=1S/C20H17F3N2O3/c1-3-28-17-9-8-13(11-18(17)27-2)10-14(12-24)19(26)25-16-7-5-4-6-15(16)20(21,22)23/h4-11H,3H2,1-2H3,(H,25,26)/b14-10-. The number of rotatable bonds is 6. The van der Waals surface area contributed by atoms with Crippen LogP contribution in [0, 0.1) is 11.3 Å². The Labute approximate surface area is 160 Å². The van der Waals surface area contributed by atoms with Crippen molar-refractivity contribution in [2.45, 2.75) is 13.1 Å². The number of nitrogens with one attached hydrogen (secondary N) is 1. The maximum Gasteiger partial charge on any atom is 0.418 e. The molecule has 0 radical (unpaired) electrons. The molecule has 1 amide bonds. The number of ether oxygens (including phenoxy) is 2. The van der Waals surface area contributed by atoms with Gasteiger partial charge < -0.3 is 14.8 Å². The number of para-hydroxylation sites is 1. The molecule has 0 atom stereocenters. The third kappa shape index (κ3) is 5.04. The van der Waals surface area contributed by atoms with Gasteiger partial charge in [-0.2, -0.15) is 18.4 Å². The molecule has 0 aromatic heterocycles. The van der Waals surface area contributed by atoms with Crippen LogP contribution >= 0.6 is 0 Å². The summed E-state index contributed by atoms with van der Waals surface area (Å²) >= 11 is 0. The Hall–Kier alpha value is -3.47. The summed E-state index contributed by atoms with van der Waals surface area (Å²) in [6, 6.07) is 11.0. The van der Waals surface area contributed by atoms with Crippen molar-refractivity contribution < 1.29 is 27.4 Å². The van der Waals surface area contributed by atoms with Crippen LogP contribution in [-0.4, -0.2) is 19.6 Å². The summed E-state index contributed by atoms with van der Waals surface area (Å²) < 4.78 is 49.8. The molecule has 0 bridgehead atoms. The normalized spacial score (nSPS) is 11.5. The molecular weight excluding hydrogens is 373 g/mol. The van der Waals surface area contributed by atoms with E-state index in [0.717, 1.165) is 12.1 Å². The molecule has 28 heavy (non-hydrogen) atoms. The van der Waals surface area contributed by atoms with Crippen molar-refractivity contribution in [2.24, 2.45) is 0 Å². The lowest BCUT2D eigenvalue weighted by atomic mass is 10.1. The molecule has 0 aliphatic rings. The molecule has 0 spiro atoms. The van der Waals surface area contributed by atoms with E-state index >= 15 is 0 Å². The third-order valence-electron chi connectivity index (χ3n) is 3.64. The minimum atomic E-state index is -4.64. The SMILES string of the molecule is CCOc1ccc(/C=C(/C#N)C(=O)Nc2ccccc2C(F)(F)F)cc1OC. The smallest absolute Gasteiger partial charge is 0.418 e. The lowest BCUT2D eigenvalue weighted by Gasteiger charge is -2.13. The van der Waals surface area contributed by atoms with E-state index in [-0.39, 0.29) is 5.57 Å². The fraction of sp³-hybridized carbons (Fsp3) is 0.200. The van der Waals surface area contributed by atoms with Crippen molar-refractivity contribution in [3.63, 3.8) is 0 Å². The fourth-order valence-corrected chi connectivity index (χ4v) is 2.39. The summed E-state index contributed by atoms with van der Waals surface area (Å²) in [4.78, 5) is 12.3. The van der Waals surface area contributed by atoms with E-state index in [4.69, 9.17) is 9.47 Å². The van der Waals surface area contributed by atoms with Gasteiger partial charge in [0.2, 0.25) is 0 Å². The molecule has 1 N–H and O–H groups in total. The average molecular weight is 390 g/mol. The highest BCUT2D eigenvalue weighted by atomic mass is 19.4. The van der Waals surface area contributed by atoms with Crippen LogP contribution in [-0.2, 0) is 11.0 Å². The Morgan fingerprint density at radius 2 is 1.93 bits per heavy atom. The highest BCUT2D eigenvalue weighted by molar-refractivity contribution is 6.10. The molecule has 2 aromatic rings. The number of carbonyl (C=O) groups excluding carboxylic acids is 1. The molecule has 0 aliphatic heterocycles. The molecule has 0 saturated carbocycles. The Morgan fingerprint density at radius 1 is 1.21 bits per heavy atom. The van der Waals surface area contributed by atoms with Crippen LogP contribution < -0.4 is 14.8 Å². The van der Waals surface area contributed by atoms with E-state index in [1.54, 1.807) is 24.3 Å². The van der Waals surface area contributed by atoms with Gasteiger partial charge in [-0.3, -0.25) is 4.79 Å². The van der Waals surface area contributed by atoms with Crippen LogP contribution in [0.3, 0.4) is 0 Å². The molecular formula is C20H17F3N2O3. The number of methoxy groups -OCH3 is 1. The van der Waals surface area contributed by atoms with Crippen LogP contribution in [0.2, 0.25) is 0 Å². The number of carbonyl (C=O) groups is 1. The van der Waals surface area contributed by atoms with Gasteiger partial charge in [-0.1, -0.05) is 18.2 Å². The number of nitriles is 1. The lowest BCUT2D eigenvalue weighted by molar-refractivity contribution is -0.137. The Bertz CT molecular complexity index is 931. The second-order valence-corrected chi connectivity index (χ2v) is 5.51. The molecule has 0 unspecified atom stereocenters. The van der Waals surface area contributed by atoms with Gasteiger partial charge in [-0.25, -0.2) is 0 Å². The van der Waals surface area contributed by atoms with E-state index in [2.05, 4.69) is 5.32 Å². The molecule has 2 aromatic carbocycles. The molecule has 0 heterocycles. The third-order valence-corrected chi connectivity index (χ3v) is 3.64. The van der Waals surface area contributed by atoms with E-state index in [1.807, 2.05) is 6.92 Å². The van der Waals surface area contributed by atoms with Crippen molar-refractivity contribution in [2.75, 3.05) is 19.0 Å². The summed E-state index contributed by atoms with van der Waals surface area (Å²) in [6.07, 6.45) is -3.38. The Balaban J connectivity index is 2.31. The second-order valence-electron chi connectivity index (χ2n) is 5.51. The summed E-state index contributed by atoms with van der Waals surface area (Å²) in [6.45, 7) is 2.24. The first-order chi connectivity index (χ1) is 13.3. The molecule has 2 rings (SSSR count). The zero-order valence-electron chi connectivity index (χ0n) is 15.1. The van der Waals surface area contributed by atoms with Crippen LogP contribution in [0.15, 0.2) is 48.0 Å². The topological polar surface area (TPSA) is 71.3 Å². The quantitative estimate of drug-likeness (QED) is 0.575. The van der Waals surface area contributed by atoms with Crippen LogP contribution in [0.1, 0.15) is 18.1 Å². The van der Waals surface area contributed by atoms with E-state index in [9.17, 15) is 23.2 Å². The highest BCUT2D eigenvalue weighted by Gasteiger charge is 2.33. The van der Waals surface area contributed by atoms with Crippen molar-refractivity contribution in [1.82, 2.24) is 0 Å². The largest absolute Gasteiger partial charge is 0.493 e. The number of amides is 1. The van der Waals surface area contributed by atoms with Crippen molar-refractivity contribution in [3.05, 3.63) is 59.2 Å². The zero-order chi connectivity index (χ0) is 20.7. The maximum atomic E-state index is 13.1. The number of anilines is 1. The minimum absolute atomic E-state index is 0.358. The molecule has 0 fully saturated rings. The molecule has 146 valence electrons. The van der Waals surface area contributed by atoms with Gasteiger partial charge >= 0.3 is 6.18 Å². The average Bonchev–Trinajstić information content (AvgIpc) is 2.66. The summed E-state index contributed by atoms with van der Waals surface area (Å²) in [7, 11) is 1.44. The van der Waals surface area contributed by atoms with Crippen molar-refractivity contribution >= 4 is 17.7 Å². The second kappa shape index (κ2) is 8.95. The molecule has 5 nitrogen and oxygen atoms in total. The van der Waals surface area contributed by atoms with E-state index in [0.29, 0.717) is 23.7 Å². The lowest BCUT2D eigenvalue weighted by Crippen LogP contribution is -2.17. The number of benzene rings is 2. The first-order valence-electron chi connectivity index (χ1n) is 8.20. The summed E-state index contributed by atoms with van der Waals surface area (Å²) in [5, 5.41) is 11.4. The van der Waals surface area contributed by atoms with Crippen LogP contribution in [0.4, 0.5) is 18.9 Å². The fourth-order valence-electron chi connectivity index (χ4n) is 2.39. The first-order valence-corrected chi connectivity index (χ1v) is 8.20. The van der Waals surface area contributed by atoms with Crippen LogP contribution in [0.5, 0.6) is 11.5 Å². The van der Waals surface area contributed by atoms with Gasteiger partial charge in [-0.15, -0.1) is 0 Å². The van der Waals surface area contributed by atoms with E-state index < -0.39 is 23.3 Å². The summed E-state index contributed by atoms with van der Waals surface area (Å²) in [5.74, 6) is -0.0630. The number of hydrogen-bond acceptors (Lipinski definition) is 4. The number of nitrogens with zero attached hydrogens (tertiary/aromatic N) is 1. The van der Waals surface area contributed by atoms with Gasteiger partial charge in [0.05, 0.1) is 25.0 Å². The maximum absolute atomic E-state index is 13.1. The Morgan fingerprint density at radius 3 is 2.54 bits per heavy atom. The van der Waals surface area contributed by atoms with Gasteiger partial charge in [0.1, 0.15) is 11.6 Å². The van der Waals surface area contributed by atoms with Crippen molar-refractivity contribution in [3.8, 4) is 17.6 Å². The molecule has 0 saturated heterocycles. The van der Waals surface area contributed by atoms with Gasteiger partial charge in [0, 0.05) is 0 Å². The first kappa shape index (κ1) is 20.8. The number of alkyl halides is 3. The molecule has 8 heteroatoms. The van der Waals surface area contributed by atoms with Crippen molar-refractivity contribution in [1.29, 1.82) is 5.26 Å². The predicted octanol–water partition coefficient (Wildman–Crippen LogP) is 4.66. The van der Waals surface area contributed by atoms with Gasteiger partial charge in [0.15, 0.2) is 11.5 Å². The Kier molecular flexibility index (Phi) is 6.66. The summed E-state index contributed by atoms with van der Waals surface area (Å²) in [5.41, 5.74) is -1.33. The predicted molar refractivity (Wildman–Crippen MR) is 97.8 cm³/mol. The van der Waals surface area contributed by atoms with Gasteiger partial charge in [0.25, 0.3) is 5.91 Å². The van der Waals surface area contributed by atoms with Crippen LogP contribution in [0.25, 0.3) is 6.08 Å². The molecule has 0 aliphatic carbocycles. The zero-order valence-corrected chi connectivity index (χ0v) is 15.1. The van der Waals surface area contributed by atoms with E-state index in [1.165, 1.54) is 25.3 Å². The monoisotopic (exact) mass is 390 g/mol. The number of hydrogen-bond donors (Lipinski definition) is 1. The highest BCUT2D eigenvalue weighted by Crippen LogP contribution is 2.35. The minimum Gasteiger partial charge on any atom is -0.493 e. The van der Waals surface area contributed by atoms with Gasteiger partial charge in [-0.05, 0) is 42.8 Å².